The van der Waals surface area contributed by atoms with Crippen molar-refractivity contribution in [3.05, 3.63) is 27.6 Å². The van der Waals surface area contributed by atoms with Crippen molar-refractivity contribution in [3.8, 4) is 0 Å². The average molecular weight is 344 g/mol. The van der Waals surface area contributed by atoms with E-state index < -0.39 is 10.0 Å². The summed E-state index contributed by atoms with van der Waals surface area (Å²) in [4.78, 5) is 0. The molecule has 1 aromatic rings. The highest BCUT2D eigenvalue weighted by molar-refractivity contribution is 14.1. The largest absolute Gasteiger partial charge is 0.383 e. The first kappa shape index (κ1) is 12.7. The van der Waals surface area contributed by atoms with Gasteiger partial charge in [-0.3, -0.25) is 0 Å². The number of hydrogen-bond acceptors (Lipinski definition) is 3. The summed E-state index contributed by atoms with van der Waals surface area (Å²) in [6.07, 6.45) is 0. The molecule has 84 valence electrons. The van der Waals surface area contributed by atoms with Crippen LogP contribution in [0.4, 0.5) is 10.1 Å². The van der Waals surface area contributed by atoms with E-state index in [1.165, 1.54) is 12.1 Å². The lowest BCUT2D eigenvalue weighted by Crippen LogP contribution is -2.22. The van der Waals surface area contributed by atoms with Gasteiger partial charge in [-0.2, -0.15) is 0 Å². The van der Waals surface area contributed by atoms with E-state index in [0.29, 0.717) is 9.26 Å². The van der Waals surface area contributed by atoms with Crippen molar-refractivity contribution in [2.45, 2.75) is 0 Å². The van der Waals surface area contributed by atoms with Crippen LogP contribution in [0.2, 0.25) is 0 Å². The molecule has 0 amide bonds. The minimum Gasteiger partial charge on any atom is -0.383 e. The molecule has 3 N–H and O–H groups in total. The van der Waals surface area contributed by atoms with Gasteiger partial charge in [0.25, 0.3) is 0 Å². The van der Waals surface area contributed by atoms with Crippen LogP contribution in [0.15, 0.2) is 18.2 Å². The van der Waals surface area contributed by atoms with Crippen molar-refractivity contribution >= 4 is 38.3 Å². The maximum Gasteiger partial charge on any atom is 0.210 e. The lowest BCUT2D eigenvalue weighted by atomic mass is 10.3. The molecule has 15 heavy (non-hydrogen) atoms. The Balaban J connectivity index is 2.59. The summed E-state index contributed by atoms with van der Waals surface area (Å²) in [5, 5.41) is 7.70. The van der Waals surface area contributed by atoms with E-state index in [1.807, 2.05) is 22.6 Å². The molecule has 0 aliphatic carbocycles. The molecule has 0 atom stereocenters. The molecule has 0 heterocycles. The Morgan fingerprint density at radius 1 is 1.47 bits per heavy atom. The number of halogens is 2. The molecule has 1 rings (SSSR count). The van der Waals surface area contributed by atoms with Gasteiger partial charge in [0.1, 0.15) is 5.82 Å². The molecule has 0 unspecified atom stereocenters. The molecule has 7 heteroatoms. The number of hydrogen-bond donors (Lipinski definition) is 2. The smallest absolute Gasteiger partial charge is 0.210 e. The zero-order valence-corrected chi connectivity index (χ0v) is 10.7. The van der Waals surface area contributed by atoms with Gasteiger partial charge in [0, 0.05) is 15.8 Å². The molecule has 0 aliphatic heterocycles. The average Bonchev–Trinajstić information content (AvgIpc) is 2.07. The SMILES string of the molecule is NS(=O)(=O)CCNc1ccc(F)cc1I. The van der Waals surface area contributed by atoms with Crippen LogP contribution < -0.4 is 10.5 Å². The molecule has 1 aromatic carbocycles. The molecule has 0 aromatic heterocycles. The van der Waals surface area contributed by atoms with Crippen LogP contribution in [0.25, 0.3) is 0 Å². The Bertz CT molecular complexity index is 450. The van der Waals surface area contributed by atoms with Gasteiger partial charge in [0.05, 0.1) is 5.75 Å². The number of nitrogens with one attached hydrogen (secondary N) is 1. The number of primary sulfonamides is 1. The Hall–Kier alpha value is -0.410. The van der Waals surface area contributed by atoms with E-state index in [0.717, 1.165) is 0 Å². The summed E-state index contributed by atoms with van der Waals surface area (Å²) in [5.41, 5.74) is 0.695. The highest BCUT2D eigenvalue weighted by atomic mass is 127. The highest BCUT2D eigenvalue weighted by Crippen LogP contribution is 2.18. The fourth-order valence-electron chi connectivity index (χ4n) is 0.961. The Kier molecular flexibility index (Phi) is 4.29. The van der Waals surface area contributed by atoms with Gasteiger partial charge in [-0.05, 0) is 40.8 Å². The molecule has 4 nitrogen and oxygen atoms in total. The predicted octanol–water partition coefficient (Wildman–Crippen LogP) is 1.13. The number of rotatable bonds is 4. The molecular formula is C8H10FIN2O2S. The molecule has 0 fully saturated rings. The first-order chi connectivity index (χ1) is 6.88. The third-order valence-electron chi connectivity index (χ3n) is 1.63. The van der Waals surface area contributed by atoms with Crippen LogP contribution in [0.1, 0.15) is 0 Å². The molecule has 0 aliphatic rings. The Morgan fingerprint density at radius 2 is 2.13 bits per heavy atom. The second-order valence-corrected chi connectivity index (χ2v) is 5.81. The number of benzene rings is 1. The zero-order chi connectivity index (χ0) is 11.5. The van der Waals surface area contributed by atoms with Crippen molar-refractivity contribution < 1.29 is 12.8 Å². The van der Waals surface area contributed by atoms with Crippen molar-refractivity contribution in [3.63, 3.8) is 0 Å². The lowest BCUT2D eigenvalue weighted by Gasteiger charge is -2.07. The summed E-state index contributed by atoms with van der Waals surface area (Å²) in [5.74, 6) is -0.475. The first-order valence-corrected chi connectivity index (χ1v) is 6.87. The maximum atomic E-state index is 12.7. The van der Waals surface area contributed by atoms with Crippen molar-refractivity contribution in [2.75, 3.05) is 17.6 Å². The third kappa shape index (κ3) is 4.76. The second-order valence-electron chi connectivity index (χ2n) is 2.92. The van der Waals surface area contributed by atoms with Gasteiger partial charge < -0.3 is 5.32 Å². The number of sulfonamides is 1. The fourth-order valence-corrected chi connectivity index (χ4v) is 2.02. The first-order valence-electron chi connectivity index (χ1n) is 4.08. The summed E-state index contributed by atoms with van der Waals surface area (Å²) in [6.45, 7) is 0.209. The van der Waals surface area contributed by atoms with E-state index in [4.69, 9.17) is 5.14 Å². The quantitative estimate of drug-likeness (QED) is 0.805. The predicted molar refractivity (Wildman–Crippen MR) is 65.6 cm³/mol. The third-order valence-corrected chi connectivity index (χ3v) is 3.30. The summed E-state index contributed by atoms with van der Waals surface area (Å²) >= 11 is 1.96. The van der Waals surface area contributed by atoms with Gasteiger partial charge >= 0.3 is 0 Å². The summed E-state index contributed by atoms with van der Waals surface area (Å²) < 4.78 is 34.7. The molecular weight excluding hydrogens is 334 g/mol. The van der Waals surface area contributed by atoms with Crippen molar-refractivity contribution in [1.82, 2.24) is 0 Å². The molecule has 0 radical (unpaired) electrons. The normalized spacial score (nSPS) is 11.4. The highest BCUT2D eigenvalue weighted by Gasteiger charge is 2.04. The monoisotopic (exact) mass is 344 g/mol. The number of anilines is 1. The van der Waals surface area contributed by atoms with E-state index in [1.54, 1.807) is 6.07 Å². The Morgan fingerprint density at radius 3 is 2.67 bits per heavy atom. The topological polar surface area (TPSA) is 72.2 Å². The zero-order valence-electron chi connectivity index (χ0n) is 7.70. The van der Waals surface area contributed by atoms with Crippen LogP contribution in [-0.2, 0) is 10.0 Å². The van der Waals surface area contributed by atoms with Crippen molar-refractivity contribution in [1.29, 1.82) is 0 Å². The molecule has 0 saturated carbocycles. The molecule has 0 bridgehead atoms. The van der Waals surface area contributed by atoms with Crippen molar-refractivity contribution in [2.24, 2.45) is 5.14 Å². The lowest BCUT2D eigenvalue weighted by molar-refractivity contribution is 0.598. The van der Waals surface area contributed by atoms with Crippen LogP contribution in [-0.4, -0.2) is 20.7 Å². The van der Waals surface area contributed by atoms with Gasteiger partial charge in [0.15, 0.2) is 0 Å². The summed E-state index contributed by atoms with van der Waals surface area (Å²) in [6, 6.07) is 4.22. The minimum atomic E-state index is -3.45. The van der Waals surface area contributed by atoms with Gasteiger partial charge in [-0.15, -0.1) is 0 Å². The van der Waals surface area contributed by atoms with Gasteiger partial charge in [-0.1, -0.05) is 0 Å². The van der Waals surface area contributed by atoms with E-state index in [2.05, 4.69) is 5.32 Å². The van der Waals surface area contributed by atoms with Crippen LogP contribution in [0, 0.1) is 9.39 Å². The standard InChI is InChI=1S/C8H10FIN2O2S/c9-6-1-2-8(7(10)5-6)12-3-4-15(11,13)14/h1-2,5,12H,3-4H2,(H2,11,13,14). The van der Waals surface area contributed by atoms with E-state index >= 15 is 0 Å². The number of nitrogens with two attached hydrogens (primary N) is 1. The van der Waals surface area contributed by atoms with Crippen LogP contribution in [0.5, 0.6) is 0 Å². The summed E-state index contributed by atoms with van der Waals surface area (Å²) in [7, 11) is -3.45. The second kappa shape index (κ2) is 5.08. The molecule has 0 saturated heterocycles. The minimum absolute atomic E-state index is 0.152. The Labute approximate surface area is 101 Å². The van der Waals surface area contributed by atoms with E-state index in [-0.39, 0.29) is 18.1 Å². The van der Waals surface area contributed by atoms with Gasteiger partial charge in [-0.25, -0.2) is 17.9 Å². The van der Waals surface area contributed by atoms with Crippen LogP contribution in [0.3, 0.4) is 0 Å². The molecule has 0 spiro atoms. The van der Waals surface area contributed by atoms with Gasteiger partial charge in [0.2, 0.25) is 10.0 Å². The maximum absolute atomic E-state index is 12.7. The fraction of sp³-hybridized carbons (Fsp3) is 0.250. The van der Waals surface area contributed by atoms with E-state index in [9.17, 15) is 12.8 Å². The van der Waals surface area contributed by atoms with Crippen LogP contribution >= 0.6 is 22.6 Å².